The van der Waals surface area contributed by atoms with Gasteiger partial charge in [0.2, 0.25) is 0 Å². The summed E-state index contributed by atoms with van der Waals surface area (Å²) in [6, 6.07) is 10.5. The lowest BCUT2D eigenvalue weighted by molar-refractivity contribution is 0.913. The van der Waals surface area contributed by atoms with Crippen LogP contribution in [0, 0.1) is 0 Å². The maximum Gasteiger partial charge on any atom is 0.0427 e. The number of hydrogen-bond donors (Lipinski definition) is 0. The molecule has 18 heavy (non-hydrogen) atoms. The molecule has 0 aliphatic carbocycles. The minimum absolute atomic E-state index is 0.850. The molecule has 2 rings (SSSR count). The standard InChI is InChI=1S/C14H14Br2N2/c1-18(10-11-4-6-17-7-5-11)14-3-2-13(16)8-12(14)9-15/h2-8H,9-10H2,1H3. The van der Waals surface area contributed by atoms with Crippen molar-refractivity contribution in [3.8, 4) is 0 Å². The van der Waals surface area contributed by atoms with E-state index in [2.05, 4.69) is 67.0 Å². The summed E-state index contributed by atoms with van der Waals surface area (Å²) in [5.74, 6) is 0. The minimum atomic E-state index is 0.850. The molecule has 0 unspecified atom stereocenters. The lowest BCUT2D eigenvalue weighted by atomic mass is 10.1. The smallest absolute Gasteiger partial charge is 0.0427 e. The SMILES string of the molecule is CN(Cc1ccncc1)c1ccc(Br)cc1CBr. The molecule has 1 aromatic carbocycles. The monoisotopic (exact) mass is 368 g/mol. The van der Waals surface area contributed by atoms with Crippen molar-refractivity contribution in [3.05, 3.63) is 58.3 Å². The van der Waals surface area contributed by atoms with Crippen LogP contribution >= 0.6 is 31.9 Å². The third-order valence-corrected chi connectivity index (χ3v) is 3.86. The first-order chi connectivity index (χ1) is 8.70. The first kappa shape index (κ1) is 13.6. The number of anilines is 1. The molecular weight excluding hydrogens is 356 g/mol. The Morgan fingerprint density at radius 1 is 1.17 bits per heavy atom. The normalized spacial score (nSPS) is 10.4. The highest BCUT2D eigenvalue weighted by Crippen LogP contribution is 2.26. The Hall–Kier alpha value is -0.870. The summed E-state index contributed by atoms with van der Waals surface area (Å²) in [5.41, 5.74) is 3.78. The van der Waals surface area contributed by atoms with Crippen molar-refractivity contribution in [2.75, 3.05) is 11.9 Å². The van der Waals surface area contributed by atoms with E-state index in [-0.39, 0.29) is 0 Å². The maximum atomic E-state index is 4.04. The van der Waals surface area contributed by atoms with E-state index in [1.54, 1.807) is 0 Å². The highest BCUT2D eigenvalue weighted by Gasteiger charge is 2.07. The predicted molar refractivity (Wildman–Crippen MR) is 83.1 cm³/mol. The predicted octanol–water partition coefficient (Wildman–Crippen LogP) is 4.38. The van der Waals surface area contributed by atoms with E-state index < -0.39 is 0 Å². The quantitative estimate of drug-likeness (QED) is 0.743. The van der Waals surface area contributed by atoms with Crippen molar-refractivity contribution < 1.29 is 0 Å². The highest BCUT2D eigenvalue weighted by molar-refractivity contribution is 9.10. The second-order valence-electron chi connectivity index (χ2n) is 4.12. The van der Waals surface area contributed by atoms with Gasteiger partial charge >= 0.3 is 0 Å². The van der Waals surface area contributed by atoms with Crippen molar-refractivity contribution in [1.82, 2.24) is 4.98 Å². The number of nitrogens with zero attached hydrogens (tertiary/aromatic N) is 2. The number of benzene rings is 1. The fourth-order valence-electron chi connectivity index (χ4n) is 1.88. The molecule has 0 amide bonds. The topological polar surface area (TPSA) is 16.1 Å². The summed E-state index contributed by atoms with van der Waals surface area (Å²) < 4.78 is 1.11. The van der Waals surface area contributed by atoms with Crippen molar-refractivity contribution in [2.24, 2.45) is 0 Å². The minimum Gasteiger partial charge on any atom is -0.370 e. The first-order valence-electron chi connectivity index (χ1n) is 5.65. The van der Waals surface area contributed by atoms with E-state index in [1.165, 1.54) is 16.8 Å². The lowest BCUT2D eigenvalue weighted by Gasteiger charge is -2.22. The van der Waals surface area contributed by atoms with Gasteiger partial charge in [0, 0.05) is 41.5 Å². The Balaban J connectivity index is 2.21. The van der Waals surface area contributed by atoms with Gasteiger partial charge in [0.25, 0.3) is 0 Å². The Morgan fingerprint density at radius 2 is 1.89 bits per heavy atom. The van der Waals surface area contributed by atoms with Crippen molar-refractivity contribution in [2.45, 2.75) is 11.9 Å². The molecule has 0 aliphatic heterocycles. The van der Waals surface area contributed by atoms with Crippen LogP contribution < -0.4 is 4.90 Å². The molecular formula is C14H14Br2N2. The van der Waals surface area contributed by atoms with Gasteiger partial charge < -0.3 is 4.90 Å². The van der Waals surface area contributed by atoms with Crippen molar-refractivity contribution >= 4 is 37.5 Å². The summed E-state index contributed by atoms with van der Waals surface area (Å²) >= 11 is 7.04. The zero-order chi connectivity index (χ0) is 13.0. The first-order valence-corrected chi connectivity index (χ1v) is 7.56. The molecule has 4 heteroatoms. The number of rotatable bonds is 4. The molecule has 0 saturated heterocycles. The Labute approximate surface area is 124 Å². The molecule has 2 aromatic rings. The molecule has 94 valence electrons. The summed E-state index contributed by atoms with van der Waals surface area (Å²) in [6.07, 6.45) is 3.66. The summed E-state index contributed by atoms with van der Waals surface area (Å²) in [7, 11) is 2.11. The maximum absolute atomic E-state index is 4.04. The van der Waals surface area contributed by atoms with Gasteiger partial charge in [-0.1, -0.05) is 31.9 Å². The van der Waals surface area contributed by atoms with Gasteiger partial charge in [-0.25, -0.2) is 0 Å². The Kier molecular flexibility index (Phi) is 4.78. The van der Waals surface area contributed by atoms with Gasteiger partial charge in [-0.15, -0.1) is 0 Å². The summed E-state index contributed by atoms with van der Waals surface area (Å²) in [6.45, 7) is 0.879. The second-order valence-corrected chi connectivity index (χ2v) is 5.59. The van der Waals surface area contributed by atoms with E-state index in [1.807, 2.05) is 24.5 Å². The number of halogens is 2. The van der Waals surface area contributed by atoms with Crippen LogP contribution in [0.25, 0.3) is 0 Å². The summed E-state index contributed by atoms with van der Waals surface area (Å²) in [5, 5.41) is 0.850. The van der Waals surface area contributed by atoms with Gasteiger partial charge in [-0.2, -0.15) is 0 Å². The van der Waals surface area contributed by atoms with Crippen LogP contribution in [-0.4, -0.2) is 12.0 Å². The molecule has 0 fully saturated rings. The molecule has 0 radical (unpaired) electrons. The van der Waals surface area contributed by atoms with Crippen LogP contribution in [0.2, 0.25) is 0 Å². The molecule has 2 nitrogen and oxygen atoms in total. The second kappa shape index (κ2) is 6.34. The van der Waals surface area contributed by atoms with Crippen LogP contribution in [0.4, 0.5) is 5.69 Å². The number of aromatic nitrogens is 1. The van der Waals surface area contributed by atoms with Gasteiger partial charge in [-0.05, 0) is 41.5 Å². The lowest BCUT2D eigenvalue weighted by Crippen LogP contribution is -2.17. The number of alkyl halides is 1. The van der Waals surface area contributed by atoms with Crippen LogP contribution in [0.3, 0.4) is 0 Å². The average molecular weight is 370 g/mol. The molecule has 0 atom stereocenters. The third-order valence-electron chi connectivity index (χ3n) is 2.77. The van der Waals surface area contributed by atoms with Crippen LogP contribution in [0.1, 0.15) is 11.1 Å². The van der Waals surface area contributed by atoms with Gasteiger partial charge in [0.15, 0.2) is 0 Å². The molecule has 1 aromatic heterocycles. The van der Waals surface area contributed by atoms with Crippen molar-refractivity contribution in [3.63, 3.8) is 0 Å². The fourth-order valence-corrected chi connectivity index (χ4v) is 2.74. The average Bonchev–Trinajstić information content (AvgIpc) is 2.39. The van der Waals surface area contributed by atoms with E-state index in [0.29, 0.717) is 0 Å². The van der Waals surface area contributed by atoms with Crippen molar-refractivity contribution in [1.29, 1.82) is 0 Å². The van der Waals surface area contributed by atoms with E-state index in [4.69, 9.17) is 0 Å². The van der Waals surface area contributed by atoms with E-state index >= 15 is 0 Å². The third kappa shape index (κ3) is 3.33. The Bertz CT molecular complexity index is 514. The molecule has 0 bridgehead atoms. The van der Waals surface area contributed by atoms with Crippen LogP contribution in [0.15, 0.2) is 47.2 Å². The zero-order valence-electron chi connectivity index (χ0n) is 10.1. The molecule has 0 saturated carbocycles. The molecule has 0 spiro atoms. The molecule has 1 heterocycles. The van der Waals surface area contributed by atoms with Gasteiger partial charge in [-0.3, -0.25) is 4.98 Å². The summed E-state index contributed by atoms with van der Waals surface area (Å²) in [4.78, 5) is 6.29. The highest BCUT2D eigenvalue weighted by atomic mass is 79.9. The van der Waals surface area contributed by atoms with Crippen LogP contribution in [0.5, 0.6) is 0 Å². The van der Waals surface area contributed by atoms with Crippen LogP contribution in [-0.2, 0) is 11.9 Å². The van der Waals surface area contributed by atoms with Gasteiger partial charge in [0.1, 0.15) is 0 Å². The number of pyridine rings is 1. The largest absolute Gasteiger partial charge is 0.370 e. The number of hydrogen-bond acceptors (Lipinski definition) is 2. The fraction of sp³-hybridized carbons (Fsp3) is 0.214. The van der Waals surface area contributed by atoms with Gasteiger partial charge in [0.05, 0.1) is 0 Å². The Morgan fingerprint density at radius 3 is 2.56 bits per heavy atom. The zero-order valence-corrected chi connectivity index (χ0v) is 13.3. The molecule has 0 aliphatic rings. The van der Waals surface area contributed by atoms with E-state index in [0.717, 1.165) is 16.3 Å². The van der Waals surface area contributed by atoms with E-state index in [9.17, 15) is 0 Å². The molecule has 0 N–H and O–H groups in total.